The number of hydrogen-bond donors (Lipinski definition) is 3. The van der Waals surface area contributed by atoms with E-state index in [1.165, 1.54) is 51.9 Å². The van der Waals surface area contributed by atoms with Gasteiger partial charge in [0.2, 0.25) is 0 Å². The number of carbonyl (C=O) groups is 2. The second-order valence-electron chi connectivity index (χ2n) is 6.02. The molecule has 5 heteroatoms. The molecular weight excluding hydrogens is 298 g/mol. The van der Waals surface area contributed by atoms with Crippen LogP contribution >= 0.6 is 12.6 Å². The minimum Gasteiger partial charge on any atom is -0.480 e. The Labute approximate surface area is 140 Å². The highest BCUT2D eigenvalue weighted by Crippen LogP contribution is 2.12. The normalized spacial score (nSPS) is 13.8. The van der Waals surface area contributed by atoms with Gasteiger partial charge < -0.3 is 5.11 Å². The number of nitrogens with one attached hydrogen (secondary N) is 1. The molecule has 0 rings (SSSR count). The van der Waals surface area contributed by atoms with Gasteiger partial charge in [-0.15, -0.1) is 0 Å². The van der Waals surface area contributed by atoms with Crippen LogP contribution in [0.1, 0.15) is 78.1 Å². The van der Waals surface area contributed by atoms with Crippen LogP contribution in [-0.2, 0) is 9.59 Å². The van der Waals surface area contributed by atoms with Crippen molar-refractivity contribution in [2.45, 2.75) is 90.1 Å². The van der Waals surface area contributed by atoms with Gasteiger partial charge in [0.1, 0.15) is 11.8 Å². The van der Waals surface area contributed by atoms with Crippen LogP contribution < -0.4 is 5.32 Å². The highest BCUT2D eigenvalue weighted by molar-refractivity contribution is 7.80. The number of carboxylic acid groups (broad SMARTS) is 1. The number of Topliss-reactive ketones (excluding diaryl/α,β-unsaturated/α-hetero) is 1. The molecule has 22 heavy (non-hydrogen) atoms. The highest BCUT2D eigenvalue weighted by Gasteiger charge is 2.22. The fourth-order valence-corrected chi connectivity index (χ4v) is 2.77. The Kier molecular flexibility index (Phi) is 13.7. The number of rotatable bonds is 15. The van der Waals surface area contributed by atoms with Crippen molar-refractivity contribution in [2.75, 3.05) is 5.75 Å². The molecule has 0 amide bonds. The Morgan fingerprint density at radius 1 is 0.955 bits per heavy atom. The lowest BCUT2D eigenvalue weighted by molar-refractivity contribution is -0.139. The van der Waals surface area contributed by atoms with Gasteiger partial charge in [0.05, 0.1) is 6.04 Å². The topological polar surface area (TPSA) is 66.4 Å². The summed E-state index contributed by atoms with van der Waals surface area (Å²) < 4.78 is 0. The van der Waals surface area contributed by atoms with Crippen molar-refractivity contribution in [2.24, 2.45) is 0 Å². The summed E-state index contributed by atoms with van der Waals surface area (Å²) in [4.78, 5) is 22.6. The van der Waals surface area contributed by atoms with Crippen molar-refractivity contribution in [3.05, 3.63) is 0 Å². The quantitative estimate of drug-likeness (QED) is 0.315. The molecule has 0 bridgehead atoms. The smallest absolute Gasteiger partial charge is 0.321 e. The maximum absolute atomic E-state index is 11.6. The molecule has 4 nitrogen and oxygen atoms in total. The van der Waals surface area contributed by atoms with Gasteiger partial charge in [-0.2, -0.15) is 12.6 Å². The fourth-order valence-electron chi connectivity index (χ4n) is 2.51. The van der Waals surface area contributed by atoms with Crippen molar-refractivity contribution in [1.29, 1.82) is 0 Å². The molecule has 0 fully saturated rings. The molecule has 0 aliphatic rings. The van der Waals surface area contributed by atoms with Crippen LogP contribution in [0.2, 0.25) is 0 Å². The average Bonchev–Trinajstić information content (AvgIpc) is 2.47. The zero-order valence-electron chi connectivity index (χ0n) is 14.1. The first-order chi connectivity index (χ1) is 10.5. The Bertz CT molecular complexity index is 310. The monoisotopic (exact) mass is 331 g/mol. The van der Waals surface area contributed by atoms with E-state index in [4.69, 9.17) is 5.11 Å². The molecule has 0 aromatic heterocycles. The standard InChI is InChI=1S/C17H33NO3S/c1-3-4-5-6-7-8-9-10-11-12-15(14(2)19)18-16(13-22)17(20)21/h15-16,18,22H,3-13H2,1-2H3,(H,20,21)/t15?,16-/m0/s1. The van der Waals surface area contributed by atoms with E-state index in [2.05, 4.69) is 24.9 Å². The average molecular weight is 332 g/mol. The van der Waals surface area contributed by atoms with Gasteiger partial charge in [-0.1, -0.05) is 64.7 Å². The number of thiol groups is 1. The molecule has 0 aromatic rings. The molecule has 0 saturated heterocycles. The third kappa shape index (κ3) is 11.1. The molecule has 130 valence electrons. The molecule has 2 atom stereocenters. The van der Waals surface area contributed by atoms with E-state index >= 15 is 0 Å². The summed E-state index contributed by atoms with van der Waals surface area (Å²) in [6.45, 7) is 3.74. The van der Waals surface area contributed by atoms with E-state index in [1.54, 1.807) is 0 Å². The van der Waals surface area contributed by atoms with Gasteiger partial charge in [-0.3, -0.25) is 14.9 Å². The largest absolute Gasteiger partial charge is 0.480 e. The Balaban J connectivity index is 3.79. The summed E-state index contributed by atoms with van der Waals surface area (Å²) in [6, 6.07) is -1.12. The molecule has 0 heterocycles. The van der Waals surface area contributed by atoms with Crippen molar-refractivity contribution in [3.8, 4) is 0 Å². The molecule has 1 unspecified atom stereocenters. The fraction of sp³-hybridized carbons (Fsp3) is 0.882. The van der Waals surface area contributed by atoms with Gasteiger partial charge in [0, 0.05) is 5.75 Å². The summed E-state index contributed by atoms with van der Waals surface area (Å²) in [7, 11) is 0. The third-order valence-electron chi connectivity index (χ3n) is 3.97. The summed E-state index contributed by atoms with van der Waals surface area (Å²) >= 11 is 4.02. The first-order valence-electron chi connectivity index (χ1n) is 8.63. The molecule has 0 aliphatic carbocycles. The number of hydrogen-bond acceptors (Lipinski definition) is 4. The van der Waals surface area contributed by atoms with Gasteiger partial charge >= 0.3 is 5.97 Å². The molecular formula is C17H33NO3S. The Hall–Kier alpha value is -0.550. The van der Waals surface area contributed by atoms with Crippen LogP contribution in [-0.4, -0.2) is 34.7 Å². The Morgan fingerprint density at radius 2 is 1.45 bits per heavy atom. The first kappa shape index (κ1) is 21.4. The van der Waals surface area contributed by atoms with Crippen LogP contribution in [0, 0.1) is 0 Å². The maximum Gasteiger partial charge on any atom is 0.321 e. The zero-order valence-corrected chi connectivity index (χ0v) is 15.0. The van der Waals surface area contributed by atoms with E-state index in [9.17, 15) is 9.59 Å². The van der Waals surface area contributed by atoms with Gasteiger partial charge in [0.15, 0.2) is 0 Å². The minimum absolute atomic E-state index is 0.00704. The predicted octanol–water partition coefficient (Wildman–Crippen LogP) is 3.84. The van der Waals surface area contributed by atoms with Crippen molar-refractivity contribution >= 4 is 24.4 Å². The number of aliphatic carboxylic acids is 1. The summed E-state index contributed by atoms with van der Waals surface area (Å²) in [5.41, 5.74) is 0. The molecule has 0 aromatic carbocycles. The van der Waals surface area contributed by atoms with E-state index < -0.39 is 12.0 Å². The van der Waals surface area contributed by atoms with Crippen LogP contribution in [0.15, 0.2) is 0 Å². The van der Waals surface area contributed by atoms with Gasteiger partial charge in [-0.05, 0) is 13.3 Å². The molecule has 0 radical (unpaired) electrons. The van der Waals surface area contributed by atoms with E-state index in [0.29, 0.717) is 6.42 Å². The Morgan fingerprint density at radius 3 is 1.86 bits per heavy atom. The van der Waals surface area contributed by atoms with Gasteiger partial charge in [0.25, 0.3) is 0 Å². The van der Waals surface area contributed by atoms with Crippen LogP contribution in [0.4, 0.5) is 0 Å². The van der Waals surface area contributed by atoms with E-state index in [-0.39, 0.29) is 17.6 Å². The number of carbonyl (C=O) groups excluding carboxylic acids is 1. The van der Waals surface area contributed by atoms with Crippen molar-refractivity contribution in [3.63, 3.8) is 0 Å². The first-order valence-corrected chi connectivity index (χ1v) is 9.26. The number of carboxylic acids is 1. The molecule has 2 N–H and O–H groups in total. The molecule has 0 spiro atoms. The molecule has 0 aliphatic heterocycles. The lowest BCUT2D eigenvalue weighted by Crippen LogP contribution is -2.47. The summed E-state index contributed by atoms with van der Waals surface area (Å²) in [6.07, 6.45) is 11.8. The summed E-state index contributed by atoms with van der Waals surface area (Å²) in [5.74, 6) is -0.752. The molecule has 0 saturated carbocycles. The lowest BCUT2D eigenvalue weighted by atomic mass is 10.0. The lowest BCUT2D eigenvalue weighted by Gasteiger charge is -2.20. The van der Waals surface area contributed by atoms with Crippen LogP contribution in [0.25, 0.3) is 0 Å². The summed E-state index contributed by atoms with van der Waals surface area (Å²) in [5, 5.41) is 11.9. The van der Waals surface area contributed by atoms with E-state index in [1.807, 2.05) is 0 Å². The third-order valence-corrected chi connectivity index (χ3v) is 4.34. The maximum atomic E-state index is 11.6. The number of unbranched alkanes of at least 4 members (excludes halogenated alkanes) is 8. The highest BCUT2D eigenvalue weighted by atomic mass is 32.1. The second kappa shape index (κ2) is 14.1. The minimum atomic E-state index is -0.951. The second-order valence-corrected chi connectivity index (χ2v) is 6.39. The van der Waals surface area contributed by atoms with Crippen LogP contribution in [0.3, 0.4) is 0 Å². The number of ketones is 1. The van der Waals surface area contributed by atoms with E-state index in [0.717, 1.165) is 12.8 Å². The van der Waals surface area contributed by atoms with Gasteiger partial charge in [-0.25, -0.2) is 0 Å². The van der Waals surface area contributed by atoms with Crippen molar-refractivity contribution in [1.82, 2.24) is 5.32 Å². The SMILES string of the molecule is CCCCCCCCCCCC(N[C@@H](CS)C(=O)O)C(C)=O. The predicted molar refractivity (Wildman–Crippen MR) is 94.7 cm³/mol. The zero-order chi connectivity index (χ0) is 16.8. The van der Waals surface area contributed by atoms with Crippen LogP contribution in [0.5, 0.6) is 0 Å². The van der Waals surface area contributed by atoms with Crippen molar-refractivity contribution < 1.29 is 14.7 Å².